The number of piperidine rings is 1. The van der Waals surface area contributed by atoms with Crippen molar-refractivity contribution >= 4 is 11.8 Å². The summed E-state index contributed by atoms with van der Waals surface area (Å²) in [5, 5.41) is 0. The van der Waals surface area contributed by atoms with Gasteiger partial charge < -0.3 is 4.74 Å². The van der Waals surface area contributed by atoms with Crippen LogP contribution in [0, 0.1) is 0 Å². The fourth-order valence-electron chi connectivity index (χ4n) is 3.86. The monoisotopic (exact) mass is 351 g/mol. The molecule has 0 radical (unpaired) electrons. The lowest BCUT2D eigenvalue weighted by Gasteiger charge is -2.49. The SMILES string of the molecule is CCCCN1CCC(=O)/C(=C/C(=O)OCC)C1(CCCC)CCCC. The number of hydrogen-bond donors (Lipinski definition) is 0. The van der Waals surface area contributed by atoms with E-state index in [4.69, 9.17) is 4.74 Å². The highest BCUT2D eigenvalue weighted by molar-refractivity contribution is 6.03. The smallest absolute Gasteiger partial charge is 0.331 e. The molecule has 0 bridgehead atoms. The lowest BCUT2D eigenvalue weighted by Crippen LogP contribution is -2.56. The summed E-state index contributed by atoms with van der Waals surface area (Å²) in [6.45, 7) is 10.5. The number of esters is 1. The molecule has 0 N–H and O–H groups in total. The Kier molecular flexibility index (Phi) is 10.0. The predicted molar refractivity (Wildman–Crippen MR) is 103 cm³/mol. The van der Waals surface area contributed by atoms with Crippen LogP contribution in [0.4, 0.5) is 0 Å². The lowest BCUT2D eigenvalue weighted by atomic mass is 9.73. The van der Waals surface area contributed by atoms with Gasteiger partial charge in [-0.05, 0) is 32.7 Å². The third kappa shape index (κ3) is 5.95. The first-order valence-corrected chi connectivity index (χ1v) is 10.2. The van der Waals surface area contributed by atoms with E-state index >= 15 is 0 Å². The van der Waals surface area contributed by atoms with E-state index in [1.165, 1.54) is 6.08 Å². The number of unbranched alkanes of at least 4 members (excludes halogenated alkanes) is 3. The van der Waals surface area contributed by atoms with Gasteiger partial charge in [-0.3, -0.25) is 9.69 Å². The molecular formula is C21H37NO3. The summed E-state index contributed by atoms with van der Waals surface area (Å²) in [6, 6.07) is 0. The van der Waals surface area contributed by atoms with E-state index in [-0.39, 0.29) is 17.3 Å². The predicted octanol–water partition coefficient (Wildman–Crippen LogP) is 4.67. The number of Topliss-reactive ketones (excluding diaryl/α,β-unsaturated/α-hetero) is 1. The molecule has 25 heavy (non-hydrogen) atoms. The first-order chi connectivity index (χ1) is 12.1. The first-order valence-electron chi connectivity index (χ1n) is 10.2. The van der Waals surface area contributed by atoms with Crippen LogP contribution in [0.2, 0.25) is 0 Å². The molecule has 0 atom stereocenters. The van der Waals surface area contributed by atoms with Crippen molar-refractivity contribution in [3.63, 3.8) is 0 Å². The average Bonchev–Trinajstić information content (AvgIpc) is 2.60. The van der Waals surface area contributed by atoms with Gasteiger partial charge in [0.1, 0.15) is 0 Å². The average molecular weight is 352 g/mol. The topological polar surface area (TPSA) is 46.6 Å². The van der Waals surface area contributed by atoms with Crippen molar-refractivity contribution in [3.8, 4) is 0 Å². The van der Waals surface area contributed by atoms with Crippen LogP contribution in [0.1, 0.15) is 85.5 Å². The highest BCUT2D eigenvalue weighted by Gasteiger charge is 2.45. The standard InChI is InChI=1S/C21H37NO3/c1-5-9-13-21(14-10-6-2)18(17-20(24)25-8-4)19(23)12-16-22(21)15-11-7-3/h17H,5-16H2,1-4H3/b18-17-. The zero-order chi connectivity index (χ0) is 18.7. The van der Waals surface area contributed by atoms with Gasteiger partial charge in [0.05, 0.1) is 6.61 Å². The summed E-state index contributed by atoms with van der Waals surface area (Å²) in [6.07, 6.45) is 10.5. The Morgan fingerprint density at radius 1 is 1.08 bits per heavy atom. The van der Waals surface area contributed by atoms with Gasteiger partial charge in [0.15, 0.2) is 5.78 Å². The quantitative estimate of drug-likeness (QED) is 0.401. The highest BCUT2D eigenvalue weighted by Crippen LogP contribution is 2.40. The number of nitrogens with zero attached hydrogens (tertiary/aromatic N) is 1. The zero-order valence-electron chi connectivity index (χ0n) is 16.7. The van der Waals surface area contributed by atoms with Gasteiger partial charge in [-0.15, -0.1) is 0 Å². The Morgan fingerprint density at radius 2 is 1.68 bits per heavy atom. The molecule has 4 heteroatoms. The van der Waals surface area contributed by atoms with E-state index in [1.54, 1.807) is 6.92 Å². The zero-order valence-corrected chi connectivity index (χ0v) is 16.7. The van der Waals surface area contributed by atoms with Crippen LogP contribution >= 0.6 is 0 Å². The van der Waals surface area contributed by atoms with Crippen LogP contribution in [0.3, 0.4) is 0 Å². The number of hydrogen-bond acceptors (Lipinski definition) is 4. The minimum absolute atomic E-state index is 0.132. The second kappa shape index (κ2) is 11.5. The summed E-state index contributed by atoms with van der Waals surface area (Å²) in [5.41, 5.74) is 0.415. The molecule has 144 valence electrons. The molecule has 0 aromatic heterocycles. The minimum atomic E-state index is -0.374. The Balaban J connectivity index is 3.29. The maximum Gasteiger partial charge on any atom is 0.331 e. The largest absolute Gasteiger partial charge is 0.463 e. The summed E-state index contributed by atoms with van der Waals surface area (Å²) in [5.74, 6) is -0.242. The number of likely N-dealkylation sites (tertiary alicyclic amines) is 1. The Morgan fingerprint density at radius 3 is 2.20 bits per heavy atom. The van der Waals surface area contributed by atoms with Crippen LogP contribution in [-0.2, 0) is 14.3 Å². The molecule has 0 unspecified atom stereocenters. The molecule has 0 aromatic carbocycles. The van der Waals surface area contributed by atoms with Crippen LogP contribution in [-0.4, -0.2) is 41.9 Å². The molecule has 0 saturated carbocycles. The van der Waals surface area contributed by atoms with Gasteiger partial charge in [0.2, 0.25) is 0 Å². The van der Waals surface area contributed by atoms with Crippen molar-refractivity contribution in [2.24, 2.45) is 0 Å². The van der Waals surface area contributed by atoms with Gasteiger partial charge >= 0.3 is 5.97 Å². The van der Waals surface area contributed by atoms with Gasteiger partial charge in [0, 0.05) is 30.2 Å². The Bertz CT molecular complexity index is 448. The van der Waals surface area contributed by atoms with Gasteiger partial charge in [-0.25, -0.2) is 4.79 Å². The number of rotatable bonds is 11. The van der Waals surface area contributed by atoms with E-state index in [0.29, 0.717) is 18.6 Å². The Labute approximate surface area is 154 Å². The molecule has 1 rings (SSSR count). The van der Waals surface area contributed by atoms with Gasteiger partial charge in [-0.1, -0.05) is 52.9 Å². The van der Waals surface area contributed by atoms with Crippen molar-refractivity contribution < 1.29 is 14.3 Å². The molecule has 1 heterocycles. The molecule has 4 nitrogen and oxygen atoms in total. The number of carbonyl (C=O) groups excluding carboxylic acids is 2. The van der Waals surface area contributed by atoms with Gasteiger partial charge in [-0.2, -0.15) is 0 Å². The third-order valence-electron chi connectivity index (χ3n) is 5.23. The summed E-state index contributed by atoms with van der Waals surface area (Å²) >= 11 is 0. The summed E-state index contributed by atoms with van der Waals surface area (Å²) < 4.78 is 5.13. The molecule has 1 fully saturated rings. The van der Waals surface area contributed by atoms with Crippen molar-refractivity contribution in [2.75, 3.05) is 19.7 Å². The third-order valence-corrected chi connectivity index (χ3v) is 5.23. The molecular weight excluding hydrogens is 314 g/mol. The van der Waals surface area contributed by atoms with Crippen molar-refractivity contribution in [1.29, 1.82) is 0 Å². The van der Waals surface area contributed by atoms with E-state index < -0.39 is 0 Å². The van der Waals surface area contributed by atoms with Crippen molar-refractivity contribution in [3.05, 3.63) is 11.6 Å². The van der Waals surface area contributed by atoms with Crippen molar-refractivity contribution in [1.82, 2.24) is 4.90 Å². The van der Waals surface area contributed by atoms with Crippen LogP contribution < -0.4 is 0 Å². The van der Waals surface area contributed by atoms with Gasteiger partial charge in [0.25, 0.3) is 0 Å². The van der Waals surface area contributed by atoms with E-state index in [0.717, 1.165) is 64.5 Å². The molecule has 1 saturated heterocycles. The maximum atomic E-state index is 12.8. The second-order valence-electron chi connectivity index (χ2n) is 7.06. The molecule has 0 aliphatic carbocycles. The van der Waals surface area contributed by atoms with Crippen LogP contribution in [0.25, 0.3) is 0 Å². The summed E-state index contributed by atoms with van der Waals surface area (Å²) in [7, 11) is 0. The molecule has 0 amide bonds. The normalized spacial score (nSPS) is 19.4. The molecule has 0 spiro atoms. The summed E-state index contributed by atoms with van der Waals surface area (Å²) in [4.78, 5) is 27.4. The van der Waals surface area contributed by atoms with E-state index in [1.807, 2.05) is 0 Å². The number of carbonyl (C=O) groups is 2. The van der Waals surface area contributed by atoms with Crippen LogP contribution in [0.5, 0.6) is 0 Å². The highest BCUT2D eigenvalue weighted by atomic mass is 16.5. The number of ketones is 1. The van der Waals surface area contributed by atoms with Crippen molar-refractivity contribution in [2.45, 2.75) is 91.0 Å². The number of ether oxygens (including phenoxy) is 1. The second-order valence-corrected chi connectivity index (χ2v) is 7.06. The minimum Gasteiger partial charge on any atom is -0.463 e. The lowest BCUT2D eigenvalue weighted by molar-refractivity contribution is -0.138. The Hall–Kier alpha value is -1.16. The first kappa shape index (κ1) is 21.9. The fourth-order valence-corrected chi connectivity index (χ4v) is 3.86. The van der Waals surface area contributed by atoms with E-state index in [2.05, 4.69) is 25.7 Å². The molecule has 1 aliphatic rings. The fraction of sp³-hybridized carbons (Fsp3) is 0.810. The maximum absolute atomic E-state index is 12.8. The molecule has 1 aliphatic heterocycles. The van der Waals surface area contributed by atoms with E-state index in [9.17, 15) is 9.59 Å². The van der Waals surface area contributed by atoms with Crippen LogP contribution in [0.15, 0.2) is 11.6 Å². The molecule has 0 aromatic rings.